The van der Waals surface area contributed by atoms with Gasteiger partial charge in [0.15, 0.2) is 10.9 Å². The van der Waals surface area contributed by atoms with Gasteiger partial charge in [0.2, 0.25) is 0 Å². The fourth-order valence-electron chi connectivity index (χ4n) is 3.06. The van der Waals surface area contributed by atoms with E-state index in [-0.39, 0.29) is 22.3 Å². The van der Waals surface area contributed by atoms with Crippen molar-refractivity contribution in [3.8, 4) is 23.1 Å². The van der Waals surface area contributed by atoms with Crippen molar-refractivity contribution in [1.29, 1.82) is 0 Å². The Kier molecular flexibility index (Phi) is 5.92. The highest BCUT2D eigenvalue weighted by Crippen LogP contribution is 2.47. The second kappa shape index (κ2) is 8.66. The average Bonchev–Trinajstić information content (AvgIpc) is 3.56. The molecule has 6 nitrogen and oxygen atoms in total. The van der Waals surface area contributed by atoms with Crippen LogP contribution in [0.4, 0.5) is 13.2 Å². The number of hydrogen-bond donors (Lipinski definition) is 0. The van der Waals surface area contributed by atoms with Crippen LogP contribution in [0.25, 0.3) is 0 Å². The third kappa shape index (κ3) is 5.28. The fraction of sp³-hybridized carbons (Fsp3) is 0.227. The molecule has 1 saturated carbocycles. The largest absolute Gasteiger partial charge is 0.573 e. The number of hydrogen-bond acceptors (Lipinski definition) is 6. The Morgan fingerprint density at radius 1 is 1.09 bits per heavy atom. The molecule has 0 N–H and O–H groups in total. The summed E-state index contributed by atoms with van der Waals surface area (Å²) in [6, 6.07) is 11.4. The van der Waals surface area contributed by atoms with Crippen LogP contribution in [0.15, 0.2) is 48.5 Å². The molecule has 10 heteroatoms. The van der Waals surface area contributed by atoms with Crippen LogP contribution in [0.1, 0.15) is 40.2 Å². The molecule has 0 saturated heterocycles. The van der Waals surface area contributed by atoms with Crippen molar-refractivity contribution in [2.75, 3.05) is 0 Å². The van der Waals surface area contributed by atoms with Gasteiger partial charge in [0, 0.05) is 6.07 Å². The molecule has 166 valence electrons. The van der Waals surface area contributed by atoms with Gasteiger partial charge in [0.25, 0.3) is 5.88 Å². The lowest BCUT2D eigenvalue weighted by atomic mass is 10.1. The molecular weight excluding hydrogens is 449 g/mol. The normalized spacial score (nSPS) is 13.5. The molecule has 1 aromatic heterocycles. The van der Waals surface area contributed by atoms with Crippen LogP contribution in [0.2, 0.25) is 5.15 Å². The minimum atomic E-state index is -4.83. The van der Waals surface area contributed by atoms with Crippen LogP contribution >= 0.6 is 11.6 Å². The van der Waals surface area contributed by atoms with Gasteiger partial charge >= 0.3 is 12.3 Å². The zero-order valence-electron chi connectivity index (χ0n) is 16.6. The van der Waals surface area contributed by atoms with Crippen LogP contribution in [0.3, 0.4) is 0 Å². The van der Waals surface area contributed by atoms with E-state index in [4.69, 9.17) is 21.1 Å². The van der Waals surface area contributed by atoms with Crippen LogP contribution in [-0.2, 0) is 0 Å². The number of ether oxygens (including phenoxy) is 3. The molecule has 2 aromatic carbocycles. The first-order valence-electron chi connectivity index (χ1n) is 9.58. The molecule has 0 aliphatic heterocycles. The summed E-state index contributed by atoms with van der Waals surface area (Å²) < 4.78 is 52.1. The van der Waals surface area contributed by atoms with Gasteiger partial charge in [0.05, 0.1) is 5.56 Å². The molecule has 0 unspecified atom stereocenters. The van der Waals surface area contributed by atoms with E-state index >= 15 is 0 Å². The number of rotatable bonds is 6. The molecular formula is C22H16ClF3N2O4. The Morgan fingerprint density at radius 2 is 1.81 bits per heavy atom. The quantitative estimate of drug-likeness (QED) is 0.403. The van der Waals surface area contributed by atoms with E-state index in [0.29, 0.717) is 11.7 Å². The van der Waals surface area contributed by atoms with E-state index in [2.05, 4.69) is 14.9 Å². The topological polar surface area (TPSA) is 70.5 Å². The van der Waals surface area contributed by atoms with E-state index in [9.17, 15) is 18.0 Å². The molecule has 1 fully saturated rings. The number of para-hydroxylation sites is 1. The summed E-state index contributed by atoms with van der Waals surface area (Å²) in [5, 5.41) is 7.64. The number of alkyl halides is 3. The molecule has 0 atom stereocenters. The van der Waals surface area contributed by atoms with E-state index in [1.165, 1.54) is 6.07 Å². The summed E-state index contributed by atoms with van der Waals surface area (Å²) in [7, 11) is 0. The van der Waals surface area contributed by atoms with Crippen LogP contribution in [0.5, 0.6) is 23.1 Å². The highest BCUT2D eigenvalue weighted by atomic mass is 35.5. The Balaban J connectivity index is 1.56. The summed E-state index contributed by atoms with van der Waals surface area (Å²) >= 11 is 5.91. The molecule has 32 heavy (non-hydrogen) atoms. The maximum atomic E-state index is 12.5. The summed E-state index contributed by atoms with van der Waals surface area (Å²) in [5.74, 6) is -0.429. The van der Waals surface area contributed by atoms with Crippen LogP contribution < -0.4 is 14.2 Å². The lowest BCUT2D eigenvalue weighted by Gasteiger charge is -2.15. The van der Waals surface area contributed by atoms with Gasteiger partial charge in [-0.25, -0.2) is 4.79 Å². The third-order valence-corrected chi connectivity index (χ3v) is 4.87. The number of aromatic nitrogens is 2. The van der Waals surface area contributed by atoms with Crippen molar-refractivity contribution < 1.29 is 32.2 Å². The SMILES string of the molecule is Cc1cccc(C2CC2)c1Oc1nnc(Cl)cc1OC(=O)c1ccc(OC(F)(F)F)cc1. The maximum Gasteiger partial charge on any atom is 0.573 e. The first-order chi connectivity index (χ1) is 15.2. The second-order valence-corrected chi connectivity index (χ2v) is 7.56. The zero-order valence-corrected chi connectivity index (χ0v) is 17.4. The van der Waals surface area contributed by atoms with Crippen LogP contribution in [0, 0.1) is 6.92 Å². The lowest BCUT2D eigenvalue weighted by Crippen LogP contribution is -2.17. The van der Waals surface area contributed by atoms with E-state index < -0.39 is 18.1 Å². The number of esters is 1. The predicted octanol–water partition coefficient (Wildman–Crippen LogP) is 6.23. The molecule has 0 amide bonds. The molecule has 1 heterocycles. The molecule has 1 aliphatic carbocycles. The smallest absolute Gasteiger partial charge is 0.434 e. The molecule has 0 radical (unpaired) electrons. The van der Waals surface area contributed by atoms with Crippen molar-refractivity contribution in [2.24, 2.45) is 0 Å². The Labute approximate surface area is 185 Å². The summed E-state index contributed by atoms with van der Waals surface area (Å²) in [4.78, 5) is 12.5. The summed E-state index contributed by atoms with van der Waals surface area (Å²) in [6.07, 6.45) is -2.72. The van der Waals surface area contributed by atoms with Gasteiger partial charge in [-0.05, 0) is 61.1 Å². The Morgan fingerprint density at radius 3 is 2.47 bits per heavy atom. The monoisotopic (exact) mass is 464 g/mol. The molecule has 0 spiro atoms. The number of carbonyl (C=O) groups excluding carboxylic acids is 1. The van der Waals surface area contributed by atoms with Gasteiger partial charge in [-0.1, -0.05) is 29.8 Å². The first-order valence-corrected chi connectivity index (χ1v) is 9.96. The van der Waals surface area contributed by atoms with Crippen LogP contribution in [-0.4, -0.2) is 22.5 Å². The highest BCUT2D eigenvalue weighted by Gasteiger charge is 2.31. The van der Waals surface area contributed by atoms with Crippen molar-refractivity contribution in [1.82, 2.24) is 10.2 Å². The number of benzene rings is 2. The minimum absolute atomic E-state index is 0.00651. The highest BCUT2D eigenvalue weighted by molar-refractivity contribution is 6.29. The van der Waals surface area contributed by atoms with Gasteiger partial charge < -0.3 is 14.2 Å². The van der Waals surface area contributed by atoms with Crippen molar-refractivity contribution in [3.63, 3.8) is 0 Å². The average molecular weight is 465 g/mol. The number of halogens is 4. The summed E-state index contributed by atoms with van der Waals surface area (Å²) in [5.41, 5.74) is 1.90. The van der Waals surface area contributed by atoms with Gasteiger partial charge in [-0.2, -0.15) is 0 Å². The van der Waals surface area contributed by atoms with E-state index in [1.807, 2.05) is 25.1 Å². The lowest BCUT2D eigenvalue weighted by molar-refractivity contribution is -0.274. The fourth-order valence-corrected chi connectivity index (χ4v) is 3.20. The predicted molar refractivity (Wildman–Crippen MR) is 108 cm³/mol. The Hall–Kier alpha value is -3.33. The van der Waals surface area contributed by atoms with Gasteiger partial charge in [0.1, 0.15) is 11.5 Å². The second-order valence-electron chi connectivity index (χ2n) is 7.17. The number of nitrogens with zero attached hydrogens (tertiary/aromatic N) is 2. The van der Waals surface area contributed by atoms with E-state index in [0.717, 1.165) is 48.2 Å². The molecule has 4 rings (SSSR count). The molecule has 0 bridgehead atoms. The molecule has 3 aromatic rings. The third-order valence-electron chi connectivity index (χ3n) is 4.68. The summed E-state index contributed by atoms with van der Waals surface area (Å²) in [6.45, 7) is 1.89. The van der Waals surface area contributed by atoms with Gasteiger partial charge in [-0.15, -0.1) is 23.4 Å². The van der Waals surface area contributed by atoms with E-state index in [1.54, 1.807) is 0 Å². The van der Waals surface area contributed by atoms with Gasteiger partial charge in [-0.3, -0.25) is 0 Å². The zero-order chi connectivity index (χ0) is 22.9. The minimum Gasteiger partial charge on any atom is -0.434 e. The van der Waals surface area contributed by atoms with Crippen molar-refractivity contribution in [2.45, 2.75) is 32.0 Å². The standard InChI is InChI=1S/C22H16ClF3N2O4/c1-12-3-2-4-16(13-5-6-13)19(12)31-20-17(11-18(23)27-28-20)30-21(29)14-7-9-15(10-8-14)32-22(24,25)26/h2-4,7-11,13H,5-6H2,1H3. The maximum absolute atomic E-state index is 12.5. The number of carbonyl (C=O) groups is 1. The molecule has 1 aliphatic rings. The Bertz CT molecular complexity index is 1150. The van der Waals surface area contributed by atoms with Crippen molar-refractivity contribution in [3.05, 3.63) is 70.4 Å². The number of aryl methyl sites for hydroxylation is 1. The van der Waals surface area contributed by atoms with Crippen molar-refractivity contribution >= 4 is 17.6 Å². The first kappa shape index (κ1) is 21.9.